The molecule has 2 heterocycles. The van der Waals surface area contributed by atoms with Crippen LogP contribution in [-0.2, 0) is 4.74 Å². The lowest BCUT2D eigenvalue weighted by molar-refractivity contribution is 0.126. The van der Waals surface area contributed by atoms with Gasteiger partial charge >= 0.3 is 0 Å². The Labute approximate surface area is 129 Å². The van der Waals surface area contributed by atoms with E-state index in [0.717, 1.165) is 16.0 Å². The van der Waals surface area contributed by atoms with Crippen LogP contribution in [0.15, 0.2) is 6.07 Å². The highest BCUT2D eigenvalue weighted by Crippen LogP contribution is 2.30. The van der Waals surface area contributed by atoms with E-state index in [9.17, 15) is 0 Å². The third-order valence-electron chi connectivity index (χ3n) is 3.27. The van der Waals surface area contributed by atoms with Gasteiger partial charge in [0.15, 0.2) is 0 Å². The van der Waals surface area contributed by atoms with Gasteiger partial charge in [0.2, 0.25) is 5.95 Å². The van der Waals surface area contributed by atoms with E-state index < -0.39 is 0 Å². The van der Waals surface area contributed by atoms with Crippen molar-refractivity contribution in [2.75, 3.05) is 24.0 Å². The fourth-order valence-electron chi connectivity index (χ4n) is 2.04. The second kappa shape index (κ2) is 7.02. The van der Waals surface area contributed by atoms with Crippen molar-refractivity contribution in [3.05, 3.63) is 10.9 Å². The van der Waals surface area contributed by atoms with Crippen LogP contribution >= 0.6 is 11.3 Å². The molecule has 1 unspecified atom stereocenters. The lowest BCUT2D eigenvalue weighted by Crippen LogP contribution is -2.31. The van der Waals surface area contributed by atoms with Crippen LogP contribution in [0.1, 0.15) is 25.6 Å². The number of hydrogen-bond donors (Lipinski definition) is 3. The van der Waals surface area contributed by atoms with Gasteiger partial charge in [0.05, 0.1) is 18.0 Å². The Morgan fingerprint density at radius 1 is 1.38 bits per heavy atom. The topological polar surface area (TPSA) is 85.1 Å². The van der Waals surface area contributed by atoms with Crippen LogP contribution in [0.2, 0.25) is 0 Å². The van der Waals surface area contributed by atoms with Crippen molar-refractivity contribution in [1.29, 1.82) is 0 Å². The standard InChI is InChI=1S/C14H23N5OS/c1-5-20-7-11(8(2)3)16-12-10-6-9(4)21-13(10)18-14(17-12)19-15/h6,8,11H,5,7,15H2,1-4H3,(H2,16,17,18,19). The zero-order valence-corrected chi connectivity index (χ0v) is 13.8. The van der Waals surface area contributed by atoms with Crippen molar-refractivity contribution >= 4 is 33.3 Å². The van der Waals surface area contributed by atoms with Gasteiger partial charge in [-0.1, -0.05) is 13.8 Å². The minimum absolute atomic E-state index is 0.189. The number of rotatable bonds is 7. The maximum absolute atomic E-state index is 5.56. The molecule has 21 heavy (non-hydrogen) atoms. The van der Waals surface area contributed by atoms with Gasteiger partial charge in [-0.3, -0.25) is 5.43 Å². The minimum Gasteiger partial charge on any atom is -0.380 e. The number of nitrogens with two attached hydrogens (primary N) is 1. The molecule has 0 spiro atoms. The molecule has 6 nitrogen and oxygen atoms in total. The van der Waals surface area contributed by atoms with Gasteiger partial charge < -0.3 is 10.1 Å². The first-order valence-electron chi connectivity index (χ1n) is 7.14. The van der Waals surface area contributed by atoms with E-state index in [1.54, 1.807) is 11.3 Å². The fraction of sp³-hybridized carbons (Fsp3) is 0.571. The number of anilines is 2. The van der Waals surface area contributed by atoms with Crippen LogP contribution < -0.4 is 16.6 Å². The average Bonchev–Trinajstić information content (AvgIpc) is 2.83. The summed E-state index contributed by atoms with van der Waals surface area (Å²) in [7, 11) is 0. The molecule has 1 atom stereocenters. The number of aryl methyl sites for hydroxylation is 1. The van der Waals surface area contributed by atoms with Crippen LogP contribution in [0.5, 0.6) is 0 Å². The third kappa shape index (κ3) is 3.81. The molecule has 4 N–H and O–H groups in total. The smallest absolute Gasteiger partial charge is 0.240 e. The summed E-state index contributed by atoms with van der Waals surface area (Å²) in [6.07, 6.45) is 0. The Morgan fingerprint density at radius 2 is 2.14 bits per heavy atom. The fourth-order valence-corrected chi connectivity index (χ4v) is 2.92. The van der Waals surface area contributed by atoms with Gasteiger partial charge in [-0.25, -0.2) is 10.8 Å². The molecule has 0 aromatic carbocycles. The number of fused-ring (bicyclic) bond motifs is 1. The summed E-state index contributed by atoms with van der Waals surface area (Å²) < 4.78 is 5.56. The summed E-state index contributed by atoms with van der Waals surface area (Å²) in [6, 6.07) is 2.29. The van der Waals surface area contributed by atoms with E-state index in [4.69, 9.17) is 10.6 Å². The highest BCUT2D eigenvalue weighted by molar-refractivity contribution is 7.18. The molecular formula is C14H23N5OS. The molecule has 0 aliphatic heterocycles. The van der Waals surface area contributed by atoms with E-state index in [1.165, 1.54) is 4.88 Å². The van der Waals surface area contributed by atoms with Crippen LogP contribution in [0.4, 0.5) is 11.8 Å². The average molecular weight is 309 g/mol. The zero-order valence-electron chi connectivity index (χ0n) is 12.9. The van der Waals surface area contributed by atoms with Crippen molar-refractivity contribution in [3.8, 4) is 0 Å². The Balaban J connectivity index is 2.34. The second-order valence-electron chi connectivity index (χ2n) is 5.27. The molecular weight excluding hydrogens is 286 g/mol. The Hall–Kier alpha value is -1.44. The predicted octanol–water partition coefficient (Wildman–Crippen LogP) is 2.76. The maximum atomic E-state index is 5.56. The number of ether oxygens (including phenoxy) is 1. The summed E-state index contributed by atoms with van der Waals surface area (Å²) in [5, 5.41) is 4.51. The number of aromatic nitrogens is 2. The van der Waals surface area contributed by atoms with Gasteiger partial charge in [-0.2, -0.15) is 4.98 Å². The largest absolute Gasteiger partial charge is 0.380 e. The summed E-state index contributed by atoms with van der Waals surface area (Å²) in [4.78, 5) is 11.0. The lowest BCUT2D eigenvalue weighted by Gasteiger charge is -2.23. The Morgan fingerprint density at radius 3 is 2.76 bits per heavy atom. The first-order valence-corrected chi connectivity index (χ1v) is 7.95. The van der Waals surface area contributed by atoms with Crippen molar-refractivity contribution in [2.24, 2.45) is 11.8 Å². The van der Waals surface area contributed by atoms with E-state index in [0.29, 0.717) is 25.1 Å². The van der Waals surface area contributed by atoms with E-state index in [-0.39, 0.29) is 6.04 Å². The lowest BCUT2D eigenvalue weighted by atomic mass is 10.1. The molecule has 0 radical (unpaired) electrons. The minimum atomic E-state index is 0.189. The van der Waals surface area contributed by atoms with Crippen molar-refractivity contribution in [3.63, 3.8) is 0 Å². The third-order valence-corrected chi connectivity index (χ3v) is 4.22. The summed E-state index contributed by atoms with van der Waals surface area (Å²) in [5.74, 6) is 7.11. The maximum Gasteiger partial charge on any atom is 0.240 e. The molecule has 7 heteroatoms. The first kappa shape index (κ1) is 15.9. The number of thiophene rings is 1. The Kier molecular flexibility index (Phi) is 5.33. The molecule has 116 valence electrons. The summed E-state index contributed by atoms with van der Waals surface area (Å²) >= 11 is 1.63. The van der Waals surface area contributed by atoms with E-state index >= 15 is 0 Å². The van der Waals surface area contributed by atoms with Gasteiger partial charge in [-0.15, -0.1) is 11.3 Å². The molecule has 0 aliphatic rings. The van der Waals surface area contributed by atoms with Gasteiger partial charge in [-0.05, 0) is 25.8 Å². The quantitative estimate of drug-likeness (QED) is 0.539. The Bertz CT molecular complexity index is 598. The van der Waals surface area contributed by atoms with Crippen LogP contribution in [-0.4, -0.2) is 29.2 Å². The molecule has 0 amide bonds. The van der Waals surface area contributed by atoms with Crippen molar-refractivity contribution in [1.82, 2.24) is 9.97 Å². The van der Waals surface area contributed by atoms with E-state index in [1.807, 2.05) is 6.92 Å². The molecule has 0 bridgehead atoms. The highest BCUT2D eigenvalue weighted by Gasteiger charge is 2.17. The normalized spacial score (nSPS) is 12.9. The molecule has 0 saturated heterocycles. The van der Waals surface area contributed by atoms with Crippen LogP contribution in [0.25, 0.3) is 10.2 Å². The molecule has 2 aromatic rings. The van der Waals surface area contributed by atoms with Crippen molar-refractivity contribution < 1.29 is 4.74 Å². The van der Waals surface area contributed by atoms with Crippen LogP contribution in [0.3, 0.4) is 0 Å². The zero-order chi connectivity index (χ0) is 15.4. The second-order valence-corrected chi connectivity index (χ2v) is 6.51. The molecule has 2 aromatic heterocycles. The molecule has 2 rings (SSSR count). The van der Waals surface area contributed by atoms with Gasteiger partial charge in [0.25, 0.3) is 0 Å². The predicted molar refractivity (Wildman–Crippen MR) is 88.7 cm³/mol. The highest BCUT2D eigenvalue weighted by atomic mass is 32.1. The first-order chi connectivity index (χ1) is 10.0. The SMILES string of the molecule is CCOCC(Nc1nc(NN)nc2sc(C)cc12)C(C)C. The number of nitrogens with one attached hydrogen (secondary N) is 2. The van der Waals surface area contributed by atoms with Gasteiger partial charge in [0, 0.05) is 11.5 Å². The number of hydrogen-bond acceptors (Lipinski definition) is 7. The van der Waals surface area contributed by atoms with Crippen LogP contribution in [0, 0.1) is 12.8 Å². The number of hydrazine groups is 1. The number of nitrogen functional groups attached to an aromatic ring is 1. The van der Waals surface area contributed by atoms with Crippen molar-refractivity contribution in [2.45, 2.75) is 33.7 Å². The molecule has 0 saturated carbocycles. The van der Waals surface area contributed by atoms with E-state index in [2.05, 4.69) is 47.5 Å². The molecule has 0 aliphatic carbocycles. The summed E-state index contributed by atoms with van der Waals surface area (Å²) in [6.45, 7) is 9.74. The van der Waals surface area contributed by atoms with Gasteiger partial charge in [0.1, 0.15) is 10.6 Å². The monoisotopic (exact) mass is 309 g/mol. The number of nitrogens with zero attached hydrogens (tertiary/aromatic N) is 2. The molecule has 0 fully saturated rings. The summed E-state index contributed by atoms with van der Waals surface area (Å²) in [5.41, 5.74) is 2.53.